The lowest BCUT2D eigenvalue weighted by Crippen LogP contribution is -1.98. The molecule has 0 spiro atoms. The lowest BCUT2D eigenvalue weighted by atomic mass is 10.2. The van der Waals surface area contributed by atoms with Crippen molar-refractivity contribution in [3.63, 3.8) is 0 Å². The molecule has 1 unspecified atom stereocenters. The maximum atomic E-state index is 5.87. The summed E-state index contributed by atoms with van der Waals surface area (Å²) in [5.41, 5.74) is 3.90. The summed E-state index contributed by atoms with van der Waals surface area (Å²) in [5.74, 6) is 0. The second-order valence-corrected chi connectivity index (χ2v) is 4.30. The van der Waals surface area contributed by atoms with Gasteiger partial charge in [0, 0.05) is 23.3 Å². The van der Waals surface area contributed by atoms with Crippen LogP contribution in [0.1, 0.15) is 30.8 Å². The van der Waals surface area contributed by atoms with Gasteiger partial charge < -0.3 is 4.57 Å². The van der Waals surface area contributed by atoms with E-state index in [-0.39, 0.29) is 5.38 Å². The molecule has 0 amide bonds. The Kier molecular flexibility index (Phi) is 3.82. The zero-order valence-corrected chi connectivity index (χ0v) is 10.1. The number of alkyl halides is 1. The molecule has 0 aliphatic heterocycles. The summed E-state index contributed by atoms with van der Waals surface area (Å²) < 4.78 is 2.30. The molecule has 1 aromatic heterocycles. The number of aromatic nitrogens is 1. The van der Waals surface area contributed by atoms with Gasteiger partial charge >= 0.3 is 0 Å². The van der Waals surface area contributed by atoms with Crippen molar-refractivity contribution in [2.24, 2.45) is 0 Å². The Morgan fingerprint density at radius 3 is 2.57 bits per heavy atom. The van der Waals surface area contributed by atoms with E-state index < -0.39 is 0 Å². The molecule has 0 aliphatic carbocycles. The van der Waals surface area contributed by atoms with Gasteiger partial charge in [-0.1, -0.05) is 12.2 Å². The summed E-state index contributed by atoms with van der Waals surface area (Å²) in [5, 5.41) is 0.0969. The molecule has 0 aromatic carbocycles. The first-order chi connectivity index (χ1) is 6.56. The van der Waals surface area contributed by atoms with Crippen LogP contribution in [0, 0.1) is 13.8 Å². The average Bonchev–Trinajstić information content (AvgIpc) is 2.38. The molecule has 78 valence electrons. The van der Waals surface area contributed by atoms with E-state index in [0.717, 1.165) is 6.54 Å². The van der Waals surface area contributed by atoms with E-state index in [1.54, 1.807) is 0 Å². The van der Waals surface area contributed by atoms with Crippen LogP contribution in [0.4, 0.5) is 0 Å². The molecule has 1 aromatic rings. The number of halogens is 1. The Bertz CT molecular complexity index is 334. The van der Waals surface area contributed by atoms with Crippen molar-refractivity contribution < 1.29 is 0 Å². The molecule has 0 fully saturated rings. The lowest BCUT2D eigenvalue weighted by molar-refractivity contribution is 0.718. The number of hydrogen-bond donors (Lipinski definition) is 0. The smallest absolute Gasteiger partial charge is 0.0491 e. The highest BCUT2D eigenvalue weighted by Gasteiger charge is 2.04. The SMILES string of the molecule is CCn1c(C)cc(/C=C/C(C)Cl)c1C. The monoisotopic (exact) mass is 211 g/mol. The summed E-state index contributed by atoms with van der Waals surface area (Å²) in [6, 6.07) is 2.20. The minimum atomic E-state index is 0.0969. The Hall–Kier alpha value is -0.690. The van der Waals surface area contributed by atoms with E-state index >= 15 is 0 Å². The predicted octanol–water partition coefficient (Wildman–Crippen LogP) is 3.77. The second-order valence-electron chi connectivity index (χ2n) is 3.61. The molecule has 0 saturated heterocycles. The van der Waals surface area contributed by atoms with Crippen molar-refractivity contribution in [1.29, 1.82) is 0 Å². The van der Waals surface area contributed by atoms with Gasteiger partial charge in [-0.3, -0.25) is 0 Å². The van der Waals surface area contributed by atoms with Crippen molar-refractivity contribution in [2.75, 3.05) is 0 Å². The van der Waals surface area contributed by atoms with Crippen molar-refractivity contribution >= 4 is 17.7 Å². The fourth-order valence-corrected chi connectivity index (χ4v) is 1.79. The van der Waals surface area contributed by atoms with Gasteiger partial charge in [0.05, 0.1) is 0 Å². The standard InChI is InChI=1S/C12H18ClN/c1-5-14-10(3)8-12(11(14)4)7-6-9(2)13/h6-9H,5H2,1-4H3/b7-6+. The maximum absolute atomic E-state index is 5.87. The third-order valence-electron chi connectivity index (χ3n) is 2.47. The van der Waals surface area contributed by atoms with Crippen LogP contribution < -0.4 is 0 Å². The van der Waals surface area contributed by atoms with Crippen molar-refractivity contribution in [3.05, 3.63) is 29.1 Å². The molecule has 2 heteroatoms. The fraction of sp³-hybridized carbons (Fsp3) is 0.500. The third kappa shape index (κ3) is 2.42. The highest BCUT2D eigenvalue weighted by Crippen LogP contribution is 2.17. The van der Waals surface area contributed by atoms with Gasteiger partial charge in [0.2, 0.25) is 0 Å². The summed E-state index contributed by atoms with van der Waals surface area (Å²) in [6.45, 7) is 9.45. The molecule has 1 nitrogen and oxygen atoms in total. The molecule has 1 rings (SSSR count). The lowest BCUT2D eigenvalue weighted by Gasteiger charge is -2.04. The van der Waals surface area contributed by atoms with Crippen molar-refractivity contribution in [1.82, 2.24) is 4.57 Å². The Morgan fingerprint density at radius 2 is 2.14 bits per heavy atom. The largest absolute Gasteiger partial charge is 0.349 e. The van der Waals surface area contributed by atoms with Crippen LogP contribution in [-0.2, 0) is 6.54 Å². The fourth-order valence-electron chi connectivity index (χ4n) is 1.72. The van der Waals surface area contributed by atoms with Crippen LogP contribution >= 0.6 is 11.6 Å². The topological polar surface area (TPSA) is 4.93 Å². The highest BCUT2D eigenvalue weighted by atomic mass is 35.5. The zero-order valence-electron chi connectivity index (χ0n) is 9.34. The van der Waals surface area contributed by atoms with E-state index in [2.05, 4.69) is 37.5 Å². The Morgan fingerprint density at radius 1 is 1.50 bits per heavy atom. The first-order valence-corrected chi connectivity index (χ1v) is 5.49. The Labute approximate surface area is 91.4 Å². The average molecular weight is 212 g/mol. The minimum absolute atomic E-state index is 0.0969. The molecule has 0 aliphatic rings. The maximum Gasteiger partial charge on any atom is 0.0491 e. The third-order valence-corrected chi connectivity index (χ3v) is 2.62. The first-order valence-electron chi connectivity index (χ1n) is 5.05. The molecule has 0 radical (unpaired) electrons. The van der Waals surface area contributed by atoms with Gasteiger partial charge in [-0.2, -0.15) is 0 Å². The van der Waals surface area contributed by atoms with Crippen LogP contribution in [0.2, 0.25) is 0 Å². The van der Waals surface area contributed by atoms with Gasteiger partial charge in [-0.25, -0.2) is 0 Å². The van der Waals surface area contributed by atoms with Gasteiger partial charge in [-0.05, 0) is 39.3 Å². The number of hydrogen-bond acceptors (Lipinski definition) is 0. The number of rotatable bonds is 3. The zero-order chi connectivity index (χ0) is 10.7. The van der Waals surface area contributed by atoms with Gasteiger partial charge in [0.25, 0.3) is 0 Å². The number of allylic oxidation sites excluding steroid dienone is 1. The molecule has 1 atom stereocenters. The molecule has 0 bridgehead atoms. The molecule has 14 heavy (non-hydrogen) atoms. The number of nitrogens with zero attached hydrogens (tertiary/aromatic N) is 1. The van der Waals surface area contributed by atoms with Crippen LogP contribution in [0.15, 0.2) is 12.1 Å². The molecule has 0 N–H and O–H groups in total. The van der Waals surface area contributed by atoms with Gasteiger partial charge in [0.15, 0.2) is 0 Å². The van der Waals surface area contributed by atoms with E-state index in [9.17, 15) is 0 Å². The van der Waals surface area contributed by atoms with Crippen molar-refractivity contribution in [2.45, 2.75) is 39.6 Å². The van der Waals surface area contributed by atoms with Crippen molar-refractivity contribution in [3.8, 4) is 0 Å². The minimum Gasteiger partial charge on any atom is -0.349 e. The quantitative estimate of drug-likeness (QED) is 0.671. The van der Waals surface area contributed by atoms with Gasteiger partial charge in [-0.15, -0.1) is 11.6 Å². The summed E-state index contributed by atoms with van der Waals surface area (Å²) in [6.07, 6.45) is 4.12. The molecular formula is C12H18ClN. The van der Waals surface area contributed by atoms with E-state index in [0.29, 0.717) is 0 Å². The van der Waals surface area contributed by atoms with E-state index in [4.69, 9.17) is 11.6 Å². The van der Waals surface area contributed by atoms with Crippen LogP contribution in [0.5, 0.6) is 0 Å². The van der Waals surface area contributed by atoms with E-state index in [1.165, 1.54) is 17.0 Å². The predicted molar refractivity (Wildman–Crippen MR) is 63.9 cm³/mol. The van der Waals surface area contributed by atoms with Gasteiger partial charge in [0.1, 0.15) is 0 Å². The second kappa shape index (κ2) is 4.70. The normalized spacial score (nSPS) is 13.8. The van der Waals surface area contributed by atoms with Crippen LogP contribution in [0.25, 0.3) is 6.08 Å². The molecule has 0 saturated carbocycles. The highest BCUT2D eigenvalue weighted by molar-refractivity contribution is 6.21. The van der Waals surface area contributed by atoms with Crippen LogP contribution in [0.3, 0.4) is 0 Å². The summed E-state index contributed by atoms with van der Waals surface area (Å²) in [7, 11) is 0. The van der Waals surface area contributed by atoms with E-state index in [1.807, 2.05) is 13.0 Å². The Balaban J connectivity index is 2.99. The molecular weight excluding hydrogens is 194 g/mol. The summed E-state index contributed by atoms with van der Waals surface area (Å²) >= 11 is 5.87. The summed E-state index contributed by atoms with van der Waals surface area (Å²) in [4.78, 5) is 0. The number of aryl methyl sites for hydroxylation is 1. The first kappa shape index (κ1) is 11.4. The molecule has 1 heterocycles. The van der Waals surface area contributed by atoms with Crippen LogP contribution in [-0.4, -0.2) is 9.94 Å².